The second-order valence-corrected chi connectivity index (χ2v) is 4.04. The van der Waals surface area contributed by atoms with Crippen LogP contribution in [0.25, 0.3) is 0 Å². The van der Waals surface area contributed by atoms with Crippen molar-refractivity contribution in [1.29, 1.82) is 0 Å². The number of nitrogens with zero attached hydrogens (tertiary/aromatic N) is 3. The van der Waals surface area contributed by atoms with Crippen LogP contribution in [0.3, 0.4) is 0 Å². The number of rotatable bonds is 4. The molecule has 1 rings (SSSR count). The normalized spacial score (nSPS) is 12.9. The van der Waals surface area contributed by atoms with Crippen molar-refractivity contribution in [1.82, 2.24) is 14.8 Å². The van der Waals surface area contributed by atoms with Gasteiger partial charge < -0.3 is 9.30 Å². The third kappa shape index (κ3) is 2.40. The summed E-state index contributed by atoms with van der Waals surface area (Å²) >= 11 is 0. The van der Waals surface area contributed by atoms with Gasteiger partial charge in [0.2, 0.25) is 0 Å². The van der Waals surface area contributed by atoms with Crippen LogP contribution in [0.15, 0.2) is 0 Å². The second-order valence-electron chi connectivity index (χ2n) is 4.04. The predicted molar refractivity (Wildman–Crippen MR) is 60.2 cm³/mol. The van der Waals surface area contributed by atoms with Crippen molar-refractivity contribution in [2.45, 2.75) is 46.6 Å². The van der Waals surface area contributed by atoms with Gasteiger partial charge >= 0.3 is 5.97 Å². The second kappa shape index (κ2) is 5.09. The first kappa shape index (κ1) is 12.7. The zero-order valence-corrected chi connectivity index (χ0v) is 10.5. The van der Waals surface area contributed by atoms with Crippen LogP contribution in [0, 0.1) is 6.92 Å². The molecule has 0 aliphatic heterocycles. The minimum Gasteiger partial charge on any atom is -0.465 e. The van der Waals surface area contributed by atoms with Crippen molar-refractivity contribution >= 4 is 5.97 Å². The number of esters is 1. The molecule has 16 heavy (non-hydrogen) atoms. The van der Waals surface area contributed by atoms with Crippen LogP contribution in [-0.2, 0) is 9.53 Å². The van der Waals surface area contributed by atoms with Crippen molar-refractivity contribution < 1.29 is 9.53 Å². The summed E-state index contributed by atoms with van der Waals surface area (Å²) in [6.07, 6.45) is 0. The Morgan fingerprint density at radius 2 is 2.00 bits per heavy atom. The average Bonchev–Trinajstić information content (AvgIpc) is 2.59. The number of hydrogen-bond donors (Lipinski definition) is 0. The molecule has 0 aromatic carbocycles. The Morgan fingerprint density at radius 1 is 1.38 bits per heavy atom. The summed E-state index contributed by atoms with van der Waals surface area (Å²) in [5, 5.41) is 8.06. The molecule has 0 N–H and O–H groups in total. The van der Waals surface area contributed by atoms with Crippen LogP contribution in [-0.4, -0.2) is 27.3 Å². The molecule has 1 aromatic rings. The van der Waals surface area contributed by atoms with Gasteiger partial charge in [-0.1, -0.05) is 0 Å². The summed E-state index contributed by atoms with van der Waals surface area (Å²) < 4.78 is 6.94. The average molecular weight is 225 g/mol. The van der Waals surface area contributed by atoms with E-state index >= 15 is 0 Å². The molecular formula is C11H19N3O2. The molecule has 1 heterocycles. The zero-order chi connectivity index (χ0) is 12.3. The summed E-state index contributed by atoms with van der Waals surface area (Å²) in [7, 11) is 0. The van der Waals surface area contributed by atoms with Crippen molar-refractivity contribution in [3.8, 4) is 0 Å². The van der Waals surface area contributed by atoms with Crippen LogP contribution in [0.5, 0.6) is 0 Å². The van der Waals surface area contributed by atoms with E-state index < -0.39 is 0 Å². The van der Waals surface area contributed by atoms with Gasteiger partial charge in [0.25, 0.3) is 0 Å². The quantitative estimate of drug-likeness (QED) is 0.733. The van der Waals surface area contributed by atoms with Gasteiger partial charge in [-0.25, -0.2) is 0 Å². The molecule has 0 radical (unpaired) electrons. The number of carbonyl (C=O) groups is 1. The largest absolute Gasteiger partial charge is 0.465 e. The molecule has 5 heteroatoms. The van der Waals surface area contributed by atoms with Crippen molar-refractivity contribution in [3.63, 3.8) is 0 Å². The van der Waals surface area contributed by atoms with Gasteiger partial charge in [0.15, 0.2) is 0 Å². The first-order valence-electron chi connectivity index (χ1n) is 5.57. The fourth-order valence-electron chi connectivity index (χ4n) is 1.69. The summed E-state index contributed by atoms with van der Waals surface area (Å²) in [5.74, 6) is 0.868. The van der Waals surface area contributed by atoms with Crippen LogP contribution in [0.1, 0.15) is 51.3 Å². The van der Waals surface area contributed by atoms with E-state index in [4.69, 9.17) is 4.74 Å². The lowest BCUT2D eigenvalue weighted by Gasteiger charge is -2.15. The van der Waals surface area contributed by atoms with Crippen LogP contribution < -0.4 is 0 Å². The number of carbonyl (C=O) groups excluding carboxylic acids is 1. The Morgan fingerprint density at radius 3 is 2.50 bits per heavy atom. The lowest BCUT2D eigenvalue weighted by molar-refractivity contribution is -0.144. The van der Waals surface area contributed by atoms with Gasteiger partial charge in [-0.15, -0.1) is 10.2 Å². The minimum absolute atomic E-state index is 0.238. The Labute approximate surface area is 95.8 Å². The van der Waals surface area contributed by atoms with Gasteiger partial charge in [0.05, 0.1) is 6.61 Å². The van der Waals surface area contributed by atoms with Gasteiger partial charge in [0.1, 0.15) is 17.6 Å². The lowest BCUT2D eigenvalue weighted by Crippen LogP contribution is -2.19. The third-order valence-corrected chi connectivity index (χ3v) is 2.44. The monoisotopic (exact) mass is 225 g/mol. The molecule has 5 nitrogen and oxygen atoms in total. The number of hydrogen-bond acceptors (Lipinski definition) is 4. The molecule has 0 saturated carbocycles. The minimum atomic E-state index is -0.372. The standard InChI is InChI=1S/C11H19N3O2/c1-6-16-11(15)8(4)10-13-12-9(5)14(10)7(2)3/h7-8H,6H2,1-5H3. The van der Waals surface area contributed by atoms with E-state index in [0.29, 0.717) is 12.4 Å². The van der Waals surface area contributed by atoms with Gasteiger partial charge in [-0.2, -0.15) is 0 Å². The van der Waals surface area contributed by atoms with Crippen molar-refractivity contribution in [2.24, 2.45) is 0 Å². The van der Waals surface area contributed by atoms with E-state index in [0.717, 1.165) is 5.82 Å². The molecule has 0 spiro atoms. The van der Waals surface area contributed by atoms with Gasteiger partial charge in [0, 0.05) is 6.04 Å². The highest BCUT2D eigenvalue weighted by molar-refractivity contribution is 5.76. The molecule has 1 unspecified atom stereocenters. The molecule has 0 bridgehead atoms. The van der Waals surface area contributed by atoms with E-state index in [1.807, 2.05) is 25.3 Å². The molecule has 0 fully saturated rings. The molecule has 1 aromatic heterocycles. The number of ether oxygens (including phenoxy) is 1. The predicted octanol–water partition coefficient (Wildman–Crippen LogP) is 1.83. The Hall–Kier alpha value is -1.39. The maximum atomic E-state index is 11.6. The van der Waals surface area contributed by atoms with E-state index in [1.54, 1.807) is 13.8 Å². The van der Waals surface area contributed by atoms with E-state index in [2.05, 4.69) is 10.2 Å². The SMILES string of the molecule is CCOC(=O)C(C)c1nnc(C)n1C(C)C. The van der Waals surface area contributed by atoms with Gasteiger partial charge in [-0.05, 0) is 34.6 Å². The fourth-order valence-corrected chi connectivity index (χ4v) is 1.69. The summed E-state index contributed by atoms with van der Waals surface area (Å²) in [4.78, 5) is 11.6. The highest BCUT2D eigenvalue weighted by atomic mass is 16.5. The fraction of sp³-hybridized carbons (Fsp3) is 0.727. The molecule has 90 valence electrons. The van der Waals surface area contributed by atoms with E-state index in [1.165, 1.54) is 0 Å². The Kier molecular flexibility index (Phi) is 4.04. The lowest BCUT2D eigenvalue weighted by atomic mass is 10.1. The van der Waals surface area contributed by atoms with Gasteiger partial charge in [-0.3, -0.25) is 4.79 Å². The highest BCUT2D eigenvalue weighted by Gasteiger charge is 2.24. The molecule has 0 aliphatic rings. The topological polar surface area (TPSA) is 57.0 Å². The molecule has 1 atom stereocenters. The van der Waals surface area contributed by atoms with Crippen LogP contribution in [0.2, 0.25) is 0 Å². The summed E-state index contributed by atoms with van der Waals surface area (Å²) in [6, 6.07) is 0.238. The molecular weight excluding hydrogens is 206 g/mol. The molecule has 0 aliphatic carbocycles. The highest BCUT2D eigenvalue weighted by Crippen LogP contribution is 2.19. The Bertz CT molecular complexity index is 371. The smallest absolute Gasteiger partial charge is 0.316 e. The van der Waals surface area contributed by atoms with E-state index in [9.17, 15) is 4.79 Å². The summed E-state index contributed by atoms with van der Waals surface area (Å²) in [6.45, 7) is 9.94. The van der Waals surface area contributed by atoms with Crippen molar-refractivity contribution in [2.75, 3.05) is 6.61 Å². The number of aromatic nitrogens is 3. The Balaban J connectivity index is 2.99. The zero-order valence-electron chi connectivity index (χ0n) is 10.5. The first-order valence-corrected chi connectivity index (χ1v) is 5.57. The maximum absolute atomic E-state index is 11.6. The first-order chi connectivity index (χ1) is 7.49. The molecule has 0 amide bonds. The third-order valence-electron chi connectivity index (χ3n) is 2.44. The van der Waals surface area contributed by atoms with Crippen LogP contribution >= 0.6 is 0 Å². The molecule has 0 saturated heterocycles. The number of aryl methyl sites for hydroxylation is 1. The van der Waals surface area contributed by atoms with E-state index in [-0.39, 0.29) is 17.9 Å². The summed E-state index contributed by atoms with van der Waals surface area (Å²) in [5.41, 5.74) is 0. The van der Waals surface area contributed by atoms with Crippen molar-refractivity contribution in [3.05, 3.63) is 11.6 Å². The maximum Gasteiger partial charge on any atom is 0.316 e. The van der Waals surface area contributed by atoms with Crippen LogP contribution in [0.4, 0.5) is 0 Å².